The minimum absolute atomic E-state index is 0.132. The number of benzene rings is 8. The van der Waals surface area contributed by atoms with Gasteiger partial charge >= 0.3 is 0 Å². The summed E-state index contributed by atoms with van der Waals surface area (Å²) in [6, 6.07) is 47.8. The maximum Gasteiger partial charge on any atom is 0.0159 e. The first-order chi connectivity index (χ1) is 30.2. The lowest BCUT2D eigenvalue weighted by atomic mass is 9.78. The maximum atomic E-state index is 2.56. The van der Waals surface area contributed by atoms with E-state index in [0.717, 1.165) is 25.7 Å². The SMILES string of the molecule is CC1(C)c2cc(-c3ccccc3-c3ccc4c5c6c(ccc35)C=CCC6=CC4)ccc2-c2cc3c(cc21)-c1ccc(-c2ccc4c5c6c(ccc25)C=CCC6=CC4)cc1C3(C)C. The number of rotatable bonds is 3. The molecule has 8 aromatic carbocycles. The van der Waals surface area contributed by atoms with Crippen LogP contribution in [-0.2, 0) is 23.7 Å². The molecule has 0 N–H and O–H groups in total. The fourth-order valence-corrected chi connectivity index (χ4v) is 12.8. The molecule has 0 fully saturated rings. The topological polar surface area (TPSA) is 0 Å². The van der Waals surface area contributed by atoms with Crippen LogP contribution in [0.25, 0.3) is 100 Å². The molecule has 14 rings (SSSR count). The maximum absolute atomic E-state index is 2.56. The zero-order valence-electron chi connectivity index (χ0n) is 35.8. The molecule has 0 saturated heterocycles. The molecule has 0 heterocycles. The van der Waals surface area contributed by atoms with Crippen LogP contribution in [0, 0.1) is 0 Å². The lowest BCUT2D eigenvalue weighted by molar-refractivity contribution is 0.652. The summed E-state index contributed by atoms with van der Waals surface area (Å²) in [7, 11) is 0. The molecule has 0 nitrogen and oxygen atoms in total. The van der Waals surface area contributed by atoms with Crippen molar-refractivity contribution in [1.82, 2.24) is 0 Å². The van der Waals surface area contributed by atoms with Crippen molar-refractivity contribution in [2.45, 2.75) is 64.2 Å². The number of allylic oxidation sites excluding steroid dienone is 6. The Morgan fingerprint density at radius 1 is 0.371 bits per heavy atom. The lowest BCUT2D eigenvalue weighted by Crippen LogP contribution is -2.17. The number of hydrogen-bond acceptors (Lipinski definition) is 0. The monoisotopic (exact) mass is 790 g/mol. The minimum atomic E-state index is -0.147. The molecule has 6 aliphatic carbocycles. The van der Waals surface area contributed by atoms with Gasteiger partial charge in [-0.15, -0.1) is 0 Å². The summed E-state index contributed by atoms with van der Waals surface area (Å²) in [6.07, 6.45) is 18.3. The molecule has 0 spiro atoms. The van der Waals surface area contributed by atoms with Gasteiger partial charge in [-0.25, -0.2) is 0 Å². The molecular formula is C62H46. The minimum Gasteiger partial charge on any atom is -0.0795 e. The van der Waals surface area contributed by atoms with Gasteiger partial charge in [-0.1, -0.05) is 161 Å². The Balaban J connectivity index is 0.862. The summed E-state index contributed by atoms with van der Waals surface area (Å²) in [4.78, 5) is 0. The fourth-order valence-electron chi connectivity index (χ4n) is 12.8. The van der Waals surface area contributed by atoms with E-state index in [4.69, 9.17) is 0 Å². The van der Waals surface area contributed by atoms with Gasteiger partial charge in [0.2, 0.25) is 0 Å². The Morgan fingerprint density at radius 2 is 0.839 bits per heavy atom. The molecule has 0 unspecified atom stereocenters. The van der Waals surface area contributed by atoms with Gasteiger partial charge < -0.3 is 0 Å². The first kappa shape index (κ1) is 34.9. The van der Waals surface area contributed by atoms with Gasteiger partial charge in [0.1, 0.15) is 0 Å². The van der Waals surface area contributed by atoms with E-state index in [1.165, 1.54) is 144 Å². The molecule has 0 radical (unpaired) electrons. The van der Waals surface area contributed by atoms with E-state index in [0.29, 0.717) is 0 Å². The molecule has 0 heteroatoms. The fraction of sp³-hybridized carbons (Fsp3) is 0.161. The second-order valence-corrected chi connectivity index (χ2v) is 19.8. The van der Waals surface area contributed by atoms with E-state index >= 15 is 0 Å². The highest BCUT2D eigenvalue weighted by molar-refractivity contribution is 6.11. The summed E-state index contributed by atoms with van der Waals surface area (Å²) in [5, 5.41) is 5.66. The van der Waals surface area contributed by atoms with Crippen molar-refractivity contribution in [3.63, 3.8) is 0 Å². The number of hydrogen-bond donors (Lipinski definition) is 0. The van der Waals surface area contributed by atoms with Crippen LogP contribution in [0.15, 0.2) is 146 Å². The largest absolute Gasteiger partial charge is 0.0795 e. The summed E-state index contributed by atoms with van der Waals surface area (Å²) in [5.74, 6) is 0. The lowest BCUT2D eigenvalue weighted by Gasteiger charge is -2.25. The smallest absolute Gasteiger partial charge is 0.0159 e. The van der Waals surface area contributed by atoms with Crippen molar-refractivity contribution in [1.29, 1.82) is 0 Å². The van der Waals surface area contributed by atoms with Crippen LogP contribution in [0.5, 0.6) is 0 Å². The van der Waals surface area contributed by atoms with Crippen LogP contribution in [0.3, 0.4) is 0 Å². The van der Waals surface area contributed by atoms with Crippen molar-refractivity contribution in [3.8, 4) is 55.6 Å². The van der Waals surface area contributed by atoms with Gasteiger partial charge in [-0.3, -0.25) is 0 Å². The highest BCUT2D eigenvalue weighted by atomic mass is 14.4. The Labute approximate surface area is 364 Å². The predicted octanol–water partition coefficient (Wildman–Crippen LogP) is 16.3. The molecule has 62 heavy (non-hydrogen) atoms. The average molecular weight is 791 g/mol. The van der Waals surface area contributed by atoms with Crippen LogP contribution in [-0.4, -0.2) is 0 Å². The van der Waals surface area contributed by atoms with E-state index in [9.17, 15) is 0 Å². The highest BCUT2D eigenvalue weighted by Crippen LogP contribution is 2.57. The van der Waals surface area contributed by atoms with Crippen LogP contribution < -0.4 is 0 Å². The number of fused-ring (bicyclic) bond motifs is 6. The van der Waals surface area contributed by atoms with Gasteiger partial charge in [-0.2, -0.15) is 0 Å². The van der Waals surface area contributed by atoms with Crippen molar-refractivity contribution in [3.05, 3.63) is 201 Å². The van der Waals surface area contributed by atoms with E-state index in [-0.39, 0.29) is 10.8 Å². The van der Waals surface area contributed by atoms with E-state index in [1.807, 2.05) is 0 Å². The Kier molecular flexibility index (Phi) is 6.75. The first-order valence-electron chi connectivity index (χ1n) is 22.7. The van der Waals surface area contributed by atoms with Crippen molar-refractivity contribution in [2.75, 3.05) is 0 Å². The first-order valence-corrected chi connectivity index (χ1v) is 22.7. The van der Waals surface area contributed by atoms with Crippen molar-refractivity contribution < 1.29 is 0 Å². The molecular weight excluding hydrogens is 745 g/mol. The molecule has 0 aromatic heterocycles. The molecule has 0 amide bonds. The summed E-state index contributed by atoms with van der Waals surface area (Å²) in [6.45, 7) is 9.76. The highest BCUT2D eigenvalue weighted by Gasteiger charge is 2.42. The zero-order chi connectivity index (χ0) is 41.2. The third-order valence-electron chi connectivity index (χ3n) is 16.0. The normalized spacial score (nSPS) is 17.1. The van der Waals surface area contributed by atoms with Crippen molar-refractivity contribution in [2.24, 2.45) is 0 Å². The second-order valence-electron chi connectivity index (χ2n) is 19.8. The summed E-state index contributed by atoms with van der Waals surface area (Å²) in [5.41, 5.74) is 30.3. The molecule has 6 aliphatic rings. The van der Waals surface area contributed by atoms with Gasteiger partial charge in [0.25, 0.3) is 0 Å². The van der Waals surface area contributed by atoms with E-state index < -0.39 is 0 Å². The Morgan fingerprint density at radius 3 is 1.40 bits per heavy atom. The predicted molar refractivity (Wildman–Crippen MR) is 264 cm³/mol. The average Bonchev–Trinajstić information content (AvgIpc) is 3.67. The third-order valence-corrected chi connectivity index (χ3v) is 16.0. The third kappa shape index (κ3) is 4.47. The van der Waals surface area contributed by atoms with Gasteiger partial charge in [0.15, 0.2) is 0 Å². The van der Waals surface area contributed by atoms with Crippen LogP contribution >= 0.6 is 0 Å². The van der Waals surface area contributed by atoms with Crippen LogP contribution in [0.1, 0.15) is 96.2 Å². The van der Waals surface area contributed by atoms with Gasteiger partial charge in [-0.05, 0) is 194 Å². The zero-order valence-corrected chi connectivity index (χ0v) is 35.8. The van der Waals surface area contributed by atoms with E-state index in [2.05, 4.69) is 185 Å². The molecule has 8 aromatic rings. The van der Waals surface area contributed by atoms with Crippen LogP contribution in [0.2, 0.25) is 0 Å². The van der Waals surface area contributed by atoms with Crippen LogP contribution in [0.4, 0.5) is 0 Å². The second kappa shape index (κ2) is 12.0. The van der Waals surface area contributed by atoms with Crippen molar-refractivity contribution >= 4 is 44.8 Å². The summed E-state index contributed by atoms with van der Waals surface area (Å²) >= 11 is 0. The standard InChI is InChI=1S/C62H46/c1-61(2)53-31-41(43-13-5-6-14-45(43)46-26-20-40-18-16-36-10-8-12-38-22-30-50(46)60(40)58(36)38)23-27-47(53)51-33-56-52(34-55(51)61)48-28-24-42(32-54(48)62(56,3)4)44-25-19-39-17-15-35-9-7-11-37-21-29-49(44)59(39)57(35)37/h5-8,11-16,19-34H,9-10,17-18H2,1-4H3. The molecule has 0 aliphatic heterocycles. The quantitative estimate of drug-likeness (QED) is 0.167. The van der Waals surface area contributed by atoms with Gasteiger partial charge in [0.05, 0.1) is 0 Å². The molecule has 0 saturated carbocycles. The molecule has 0 atom stereocenters. The Hall–Kier alpha value is -6.76. The summed E-state index contributed by atoms with van der Waals surface area (Å²) < 4.78 is 0. The molecule has 294 valence electrons. The van der Waals surface area contributed by atoms with Gasteiger partial charge in [0, 0.05) is 10.8 Å². The Bertz CT molecular complexity index is 3550. The van der Waals surface area contributed by atoms with E-state index in [1.54, 1.807) is 0 Å². The molecule has 0 bridgehead atoms.